The first-order valence-corrected chi connectivity index (χ1v) is 13.3. The summed E-state index contributed by atoms with van der Waals surface area (Å²) in [6.07, 6.45) is 10.7. The molecule has 0 N–H and O–H groups in total. The standard InChI is InChI=1S/C15H28.C13H17NS/c1-12(2)11-14-5-8-15(9-6-14,10-7-14)13(3)4;1-8(2)10-5-6-11-12(7-10)15-13(14-11)9(3)4/h12-13H,5-11H2,1-4H3;5-9H,1-4H3. The highest BCUT2D eigenvalue weighted by molar-refractivity contribution is 7.18. The van der Waals surface area contributed by atoms with Crippen LogP contribution in [0.15, 0.2) is 18.2 Å². The van der Waals surface area contributed by atoms with Crippen molar-refractivity contribution in [2.75, 3.05) is 0 Å². The highest BCUT2D eigenvalue weighted by Gasteiger charge is 2.49. The predicted molar refractivity (Wildman–Crippen MR) is 135 cm³/mol. The zero-order valence-corrected chi connectivity index (χ0v) is 21.7. The minimum absolute atomic E-state index is 0.532. The van der Waals surface area contributed by atoms with Crippen LogP contribution in [-0.2, 0) is 0 Å². The molecule has 0 saturated heterocycles. The van der Waals surface area contributed by atoms with Gasteiger partial charge < -0.3 is 0 Å². The van der Waals surface area contributed by atoms with Crippen LogP contribution in [0, 0.1) is 22.7 Å². The van der Waals surface area contributed by atoms with Crippen molar-refractivity contribution in [3.8, 4) is 0 Å². The van der Waals surface area contributed by atoms with E-state index in [0.717, 1.165) is 28.2 Å². The molecule has 0 amide bonds. The zero-order chi connectivity index (χ0) is 22.1. The number of hydrogen-bond acceptors (Lipinski definition) is 2. The number of rotatable bonds is 5. The third-order valence-corrected chi connectivity index (χ3v) is 9.43. The van der Waals surface area contributed by atoms with Crippen LogP contribution in [-0.4, -0.2) is 4.98 Å². The SMILES string of the molecule is CC(C)CC12CCC(C(C)C)(CC1)CC2.CC(C)c1ccc2nc(C(C)C)sc2c1. The van der Waals surface area contributed by atoms with E-state index in [1.165, 1.54) is 60.2 Å². The molecular formula is C28H45NS. The molecule has 0 spiro atoms. The fourth-order valence-corrected chi connectivity index (χ4v) is 6.91. The first-order chi connectivity index (χ1) is 14.1. The lowest BCUT2D eigenvalue weighted by atomic mass is 9.49. The maximum atomic E-state index is 4.63. The zero-order valence-electron chi connectivity index (χ0n) is 20.8. The van der Waals surface area contributed by atoms with Crippen molar-refractivity contribution in [1.29, 1.82) is 0 Å². The van der Waals surface area contributed by atoms with Crippen LogP contribution in [0.2, 0.25) is 0 Å². The summed E-state index contributed by atoms with van der Waals surface area (Å²) < 4.78 is 1.32. The monoisotopic (exact) mass is 427 g/mol. The predicted octanol–water partition coefficient (Wildman–Crippen LogP) is 9.57. The third kappa shape index (κ3) is 5.12. The van der Waals surface area contributed by atoms with Gasteiger partial charge in [-0.3, -0.25) is 0 Å². The van der Waals surface area contributed by atoms with Crippen LogP contribution in [0.1, 0.15) is 123 Å². The summed E-state index contributed by atoms with van der Waals surface area (Å²) in [6, 6.07) is 6.62. The molecule has 3 aliphatic carbocycles. The van der Waals surface area contributed by atoms with E-state index in [4.69, 9.17) is 0 Å². The van der Waals surface area contributed by atoms with Crippen molar-refractivity contribution >= 4 is 21.6 Å². The van der Waals surface area contributed by atoms with Gasteiger partial charge in [0.2, 0.25) is 0 Å². The minimum atomic E-state index is 0.532. The highest BCUT2D eigenvalue weighted by Crippen LogP contribution is 2.61. The van der Waals surface area contributed by atoms with Crippen molar-refractivity contribution in [3.05, 3.63) is 28.8 Å². The van der Waals surface area contributed by atoms with Gasteiger partial charge in [-0.1, -0.05) is 61.5 Å². The van der Waals surface area contributed by atoms with Crippen LogP contribution >= 0.6 is 11.3 Å². The number of aromatic nitrogens is 1. The molecule has 1 aromatic heterocycles. The molecule has 30 heavy (non-hydrogen) atoms. The van der Waals surface area contributed by atoms with Crippen molar-refractivity contribution in [2.45, 2.75) is 112 Å². The average molecular weight is 428 g/mol. The lowest BCUT2D eigenvalue weighted by Crippen LogP contribution is -2.44. The van der Waals surface area contributed by atoms with E-state index >= 15 is 0 Å². The Labute approximate surface area is 190 Å². The van der Waals surface area contributed by atoms with Crippen LogP contribution in [0.5, 0.6) is 0 Å². The summed E-state index contributed by atoms with van der Waals surface area (Å²) >= 11 is 1.83. The Morgan fingerprint density at radius 2 is 1.43 bits per heavy atom. The molecule has 1 heterocycles. The van der Waals surface area contributed by atoms with Crippen molar-refractivity contribution in [1.82, 2.24) is 4.98 Å². The molecule has 0 radical (unpaired) electrons. The summed E-state index contributed by atoms with van der Waals surface area (Å²) in [4.78, 5) is 4.63. The van der Waals surface area contributed by atoms with Gasteiger partial charge in [-0.2, -0.15) is 0 Å². The summed E-state index contributed by atoms with van der Waals surface area (Å²) in [5, 5.41) is 1.24. The van der Waals surface area contributed by atoms with Crippen molar-refractivity contribution in [2.24, 2.45) is 22.7 Å². The molecule has 1 aromatic carbocycles. The quantitative estimate of drug-likeness (QED) is 0.463. The van der Waals surface area contributed by atoms with E-state index < -0.39 is 0 Å². The van der Waals surface area contributed by atoms with Crippen molar-refractivity contribution in [3.63, 3.8) is 0 Å². The molecule has 0 unspecified atom stereocenters. The number of nitrogens with zero attached hydrogens (tertiary/aromatic N) is 1. The van der Waals surface area contributed by atoms with Crippen LogP contribution in [0.25, 0.3) is 10.2 Å². The normalized spacial score (nSPS) is 26.1. The maximum Gasteiger partial charge on any atom is 0.0963 e. The van der Waals surface area contributed by atoms with Crippen LogP contribution in [0.3, 0.4) is 0 Å². The van der Waals surface area contributed by atoms with E-state index in [2.05, 4.69) is 78.6 Å². The Balaban J connectivity index is 0.000000171. The van der Waals surface area contributed by atoms with E-state index in [9.17, 15) is 0 Å². The van der Waals surface area contributed by atoms with Gasteiger partial charge in [-0.15, -0.1) is 11.3 Å². The maximum absolute atomic E-state index is 4.63. The second-order valence-corrected chi connectivity index (χ2v) is 12.8. The summed E-state index contributed by atoms with van der Waals surface area (Å²) in [7, 11) is 0. The molecule has 2 bridgehead atoms. The first-order valence-electron chi connectivity index (χ1n) is 12.5. The molecule has 2 aromatic rings. The second kappa shape index (κ2) is 9.31. The van der Waals surface area contributed by atoms with Gasteiger partial charge in [-0.05, 0) is 91.2 Å². The minimum Gasteiger partial charge on any atom is -0.241 e. The van der Waals surface area contributed by atoms with Gasteiger partial charge in [0.15, 0.2) is 0 Å². The Morgan fingerprint density at radius 3 is 1.90 bits per heavy atom. The number of hydrogen-bond donors (Lipinski definition) is 0. The van der Waals surface area contributed by atoms with E-state index in [1.54, 1.807) is 0 Å². The summed E-state index contributed by atoms with van der Waals surface area (Å²) in [6.45, 7) is 18.5. The van der Waals surface area contributed by atoms with Crippen LogP contribution < -0.4 is 0 Å². The van der Waals surface area contributed by atoms with Gasteiger partial charge in [-0.25, -0.2) is 4.98 Å². The average Bonchev–Trinajstić information content (AvgIpc) is 3.12. The lowest BCUT2D eigenvalue weighted by molar-refractivity contribution is -0.0480. The first kappa shape index (κ1) is 23.8. The van der Waals surface area contributed by atoms with E-state index in [-0.39, 0.29) is 0 Å². The summed E-state index contributed by atoms with van der Waals surface area (Å²) in [5.74, 6) is 2.94. The van der Waals surface area contributed by atoms with E-state index in [0.29, 0.717) is 11.8 Å². The fraction of sp³-hybridized carbons (Fsp3) is 0.750. The van der Waals surface area contributed by atoms with Gasteiger partial charge in [0.1, 0.15) is 0 Å². The molecule has 1 nitrogen and oxygen atoms in total. The Kier molecular flexibility index (Phi) is 7.37. The Hall–Kier alpha value is -0.890. The van der Waals surface area contributed by atoms with Gasteiger partial charge in [0.25, 0.3) is 0 Å². The molecule has 3 saturated carbocycles. The lowest BCUT2D eigenvalue weighted by Gasteiger charge is -2.56. The topological polar surface area (TPSA) is 12.9 Å². The molecule has 168 valence electrons. The number of benzene rings is 1. The van der Waals surface area contributed by atoms with Gasteiger partial charge in [0, 0.05) is 5.92 Å². The molecular weight excluding hydrogens is 382 g/mol. The molecule has 5 rings (SSSR count). The van der Waals surface area contributed by atoms with E-state index in [1.807, 2.05) is 11.3 Å². The Morgan fingerprint density at radius 1 is 0.833 bits per heavy atom. The third-order valence-electron chi connectivity index (χ3n) is 8.12. The summed E-state index contributed by atoms with van der Waals surface area (Å²) in [5.41, 5.74) is 4.07. The number of thiazole rings is 1. The number of fused-ring (bicyclic) bond motifs is 4. The highest BCUT2D eigenvalue weighted by atomic mass is 32.1. The second-order valence-electron chi connectivity index (χ2n) is 11.7. The van der Waals surface area contributed by atoms with Gasteiger partial charge >= 0.3 is 0 Å². The van der Waals surface area contributed by atoms with Crippen LogP contribution in [0.4, 0.5) is 0 Å². The smallest absolute Gasteiger partial charge is 0.0963 e. The molecule has 0 atom stereocenters. The molecule has 2 heteroatoms. The van der Waals surface area contributed by atoms with Gasteiger partial charge in [0.05, 0.1) is 15.2 Å². The molecule has 3 fully saturated rings. The molecule has 0 aliphatic heterocycles. The molecule has 3 aliphatic rings. The fourth-order valence-electron chi connectivity index (χ4n) is 5.90. The largest absolute Gasteiger partial charge is 0.241 e. The van der Waals surface area contributed by atoms with Crippen molar-refractivity contribution < 1.29 is 0 Å². The Bertz CT molecular complexity index is 796.